The fourth-order valence-electron chi connectivity index (χ4n) is 5.40. The molecule has 0 heterocycles. The Morgan fingerprint density at radius 3 is 2.65 bits per heavy atom. The maximum absolute atomic E-state index is 10.9. The lowest BCUT2D eigenvalue weighted by molar-refractivity contribution is -0.131. The molecule has 130 valence electrons. The van der Waals surface area contributed by atoms with Gasteiger partial charge in [0.15, 0.2) is 0 Å². The SMILES string of the molecule is CC1=CC[C@@H]2C(C)(C)CCC[C@@]2(C)[C@@H]1CC/C(=C\C(=O)O)CO. The van der Waals surface area contributed by atoms with Crippen molar-refractivity contribution in [3.05, 3.63) is 23.3 Å². The number of carbonyl (C=O) groups is 1. The minimum absolute atomic E-state index is 0.159. The van der Waals surface area contributed by atoms with Gasteiger partial charge in [-0.2, -0.15) is 0 Å². The highest BCUT2D eigenvalue weighted by molar-refractivity contribution is 5.80. The van der Waals surface area contributed by atoms with E-state index in [4.69, 9.17) is 5.11 Å². The molecular formula is C20H32O3. The third-order valence-corrected chi connectivity index (χ3v) is 6.58. The Bertz CT molecular complexity index is 515. The molecule has 0 bridgehead atoms. The van der Waals surface area contributed by atoms with Gasteiger partial charge < -0.3 is 10.2 Å². The first-order chi connectivity index (χ1) is 10.7. The second-order valence-electron chi connectivity index (χ2n) is 8.47. The van der Waals surface area contributed by atoms with Crippen LogP contribution in [0.2, 0.25) is 0 Å². The number of hydrogen-bond donors (Lipinski definition) is 2. The molecule has 0 saturated heterocycles. The van der Waals surface area contributed by atoms with Crippen molar-refractivity contribution in [2.45, 2.75) is 66.2 Å². The summed E-state index contributed by atoms with van der Waals surface area (Å²) in [5.41, 5.74) is 2.75. The summed E-state index contributed by atoms with van der Waals surface area (Å²) in [6, 6.07) is 0. The molecule has 2 N–H and O–H groups in total. The Morgan fingerprint density at radius 1 is 1.35 bits per heavy atom. The number of aliphatic hydroxyl groups is 1. The van der Waals surface area contributed by atoms with Crippen molar-refractivity contribution in [1.82, 2.24) is 0 Å². The fourth-order valence-corrected chi connectivity index (χ4v) is 5.40. The Kier molecular flexibility index (Phi) is 5.40. The first kappa shape index (κ1) is 18.3. The third kappa shape index (κ3) is 3.71. The van der Waals surface area contributed by atoms with Gasteiger partial charge >= 0.3 is 5.97 Å². The van der Waals surface area contributed by atoms with E-state index in [-0.39, 0.29) is 6.61 Å². The minimum atomic E-state index is -0.965. The summed E-state index contributed by atoms with van der Waals surface area (Å²) in [6.45, 7) is 9.33. The van der Waals surface area contributed by atoms with E-state index in [1.165, 1.54) is 37.3 Å². The molecule has 0 unspecified atom stereocenters. The highest BCUT2D eigenvalue weighted by Crippen LogP contribution is 2.60. The van der Waals surface area contributed by atoms with E-state index in [2.05, 4.69) is 33.8 Å². The molecule has 1 saturated carbocycles. The van der Waals surface area contributed by atoms with Gasteiger partial charge in [0.05, 0.1) is 6.61 Å². The maximum atomic E-state index is 10.9. The Morgan fingerprint density at radius 2 is 2.04 bits per heavy atom. The first-order valence-corrected chi connectivity index (χ1v) is 8.90. The molecule has 3 nitrogen and oxygen atoms in total. The number of rotatable bonds is 5. The number of allylic oxidation sites excluding steroid dienone is 2. The smallest absolute Gasteiger partial charge is 0.328 e. The van der Waals surface area contributed by atoms with Crippen molar-refractivity contribution in [1.29, 1.82) is 0 Å². The summed E-state index contributed by atoms with van der Waals surface area (Å²) >= 11 is 0. The van der Waals surface area contributed by atoms with E-state index in [1.807, 2.05) is 0 Å². The molecule has 1 fully saturated rings. The molecule has 3 heteroatoms. The second-order valence-corrected chi connectivity index (χ2v) is 8.47. The fraction of sp³-hybridized carbons (Fsp3) is 0.750. The molecule has 0 aliphatic heterocycles. The highest BCUT2D eigenvalue weighted by Gasteiger charge is 2.51. The van der Waals surface area contributed by atoms with Crippen LogP contribution in [0.25, 0.3) is 0 Å². The van der Waals surface area contributed by atoms with Crippen molar-refractivity contribution in [3.63, 3.8) is 0 Å². The number of carboxylic acid groups (broad SMARTS) is 1. The van der Waals surface area contributed by atoms with Gasteiger partial charge in [-0.15, -0.1) is 0 Å². The van der Waals surface area contributed by atoms with Crippen LogP contribution in [0, 0.1) is 22.7 Å². The van der Waals surface area contributed by atoms with Crippen LogP contribution in [0.1, 0.15) is 66.2 Å². The van der Waals surface area contributed by atoms with E-state index in [1.54, 1.807) is 0 Å². The van der Waals surface area contributed by atoms with E-state index < -0.39 is 5.97 Å². The van der Waals surface area contributed by atoms with Crippen molar-refractivity contribution >= 4 is 5.97 Å². The van der Waals surface area contributed by atoms with Crippen molar-refractivity contribution in [2.75, 3.05) is 6.61 Å². The largest absolute Gasteiger partial charge is 0.478 e. The van der Waals surface area contributed by atoms with Gasteiger partial charge in [-0.1, -0.05) is 38.8 Å². The predicted octanol–water partition coefficient (Wildman–Crippen LogP) is 4.57. The molecular weight excluding hydrogens is 288 g/mol. The second kappa shape index (κ2) is 6.80. The van der Waals surface area contributed by atoms with E-state index in [9.17, 15) is 9.90 Å². The zero-order valence-corrected chi connectivity index (χ0v) is 15.1. The summed E-state index contributed by atoms with van der Waals surface area (Å²) in [5, 5.41) is 18.3. The third-order valence-electron chi connectivity index (χ3n) is 6.58. The Balaban J connectivity index is 2.21. The van der Waals surface area contributed by atoms with Crippen LogP contribution in [0.4, 0.5) is 0 Å². The minimum Gasteiger partial charge on any atom is -0.478 e. The number of hydrogen-bond acceptors (Lipinski definition) is 2. The van der Waals surface area contributed by atoms with Crippen LogP contribution >= 0.6 is 0 Å². The zero-order chi connectivity index (χ0) is 17.3. The summed E-state index contributed by atoms with van der Waals surface area (Å²) in [7, 11) is 0. The molecule has 2 rings (SSSR count). The predicted molar refractivity (Wildman–Crippen MR) is 93.1 cm³/mol. The van der Waals surface area contributed by atoms with Gasteiger partial charge in [0.25, 0.3) is 0 Å². The Hall–Kier alpha value is -1.09. The average molecular weight is 320 g/mol. The number of carboxylic acids is 1. The zero-order valence-electron chi connectivity index (χ0n) is 15.1. The lowest BCUT2D eigenvalue weighted by Crippen LogP contribution is -2.48. The molecule has 0 aromatic heterocycles. The Labute approximate surface area is 140 Å². The molecule has 0 aromatic rings. The van der Waals surface area contributed by atoms with Gasteiger partial charge in [-0.05, 0) is 67.3 Å². The number of fused-ring (bicyclic) bond motifs is 1. The van der Waals surface area contributed by atoms with Crippen LogP contribution in [0.3, 0.4) is 0 Å². The molecule has 2 aliphatic rings. The van der Waals surface area contributed by atoms with Gasteiger partial charge in [-0.25, -0.2) is 4.79 Å². The lowest BCUT2D eigenvalue weighted by Gasteiger charge is -2.57. The number of aliphatic hydroxyl groups excluding tert-OH is 1. The quantitative estimate of drug-likeness (QED) is 0.576. The van der Waals surface area contributed by atoms with Crippen molar-refractivity contribution < 1.29 is 15.0 Å². The van der Waals surface area contributed by atoms with Crippen LogP contribution in [0.15, 0.2) is 23.3 Å². The normalized spacial score (nSPS) is 33.8. The molecule has 2 aliphatic carbocycles. The summed E-state index contributed by atoms with van der Waals surface area (Å²) in [4.78, 5) is 10.9. The summed E-state index contributed by atoms with van der Waals surface area (Å²) in [5.74, 6) is 0.218. The monoisotopic (exact) mass is 320 g/mol. The summed E-state index contributed by atoms with van der Waals surface area (Å²) < 4.78 is 0. The van der Waals surface area contributed by atoms with E-state index in [0.29, 0.717) is 34.7 Å². The van der Waals surface area contributed by atoms with E-state index >= 15 is 0 Å². The molecule has 0 amide bonds. The standard InChI is InChI=1S/C20H32O3/c1-14-6-9-17-19(2,3)10-5-11-20(17,4)16(14)8-7-15(13-21)12-18(22)23/h6,12,16-17,21H,5,7-11,13H2,1-4H3,(H,22,23)/b15-12+/t16-,17-,20+/m1/s1. The van der Waals surface area contributed by atoms with Crippen LogP contribution in [-0.2, 0) is 4.79 Å². The van der Waals surface area contributed by atoms with Gasteiger partial charge in [0.2, 0.25) is 0 Å². The van der Waals surface area contributed by atoms with Crippen molar-refractivity contribution in [3.8, 4) is 0 Å². The molecule has 0 spiro atoms. The first-order valence-electron chi connectivity index (χ1n) is 8.90. The lowest BCUT2D eigenvalue weighted by atomic mass is 9.48. The van der Waals surface area contributed by atoms with Gasteiger partial charge in [0.1, 0.15) is 0 Å². The molecule has 0 aromatic carbocycles. The van der Waals surface area contributed by atoms with Crippen LogP contribution in [-0.4, -0.2) is 22.8 Å². The number of aliphatic carboxylic acids is 1. The molecule has 0 radical (unpaired) electrons. The molecule has 3 atom stereocenters. The molecule has 23 heavy (non-hydrogen) atoms. The van der Waals surface area contributed by atoms with Crippen LogP contribution < -0.4 is 0 Å². The van der Waals surface area contributed by atoms with E-state index in [0.717, 1.165) is 6.42 Å². The highest BCUT2D eigenvalue weighted by atomic mass is 16.4. The summed E-state index contributed by atoms with van der Waals surface area (Å²) in [6.07, 6.45) is 10.2. The van der Waals surface area contributed by atoms with Gasteiger partial charge in [0, 0.05) is 6.08 Å². The average Bonchev–Trinajstić information content (AvgIpc) is 2.43. The van der Waals surface area contributed by atoms with Gasteiger partial charge in [-0.3, -0.25) is 0 Å². The maximum Gasteiger partial charge on any atom is 0.328 e. The van der Waals surface area contributed by atoms with Crippen LogP contribution in [0.5, 0.6) is 0 Å². The van der Waals surface area contributed by atoms with Crippen molar-refractivity contribution in [2.24, 2.45) is 22.7 Å². The topological polar surface area (TPSA) is 57.5 Å².